The van der Waals surface area contributed by atoms with Gasteiger partial charge in [0.2, 0.25) is 0 Å². The van der Waals surface area contributed by atoms with Gasteiger partial charge in [-0.15, -0.1) is 0 Å². The molecule has 5 heteroatoms. The lowest BCUT2D eigenvalue weighted by Crippen LogP contribution is -2.05. The lowest BCUT2D eigenvalue weighted by atomic mass is 10.1. The van der Waals surface area contributed by atoms with Gasteiger partial charge in [-0.25, -0.2) is 0 Å². The summed E-state index contributed by atoms with van der Waals surface area (Å²) in [6.07, 6.45) is 1.91. The molecule has 2 aromatic heterocycles. The van der Waals surface area contributed by atoms with Gasteiger partial charge in [0.1, 0.15) is 6.61 Å². The van der Waals surface area contributed by atoms with Crippen molar-refractivity contribution < 1.29 is 14.2 Å². The Kier molecular flexibility index (Phi) is 3.93. The van der Waals surface area contributed by atoms with Crippen molar-refractivity contribution in [2.24, 2.45) is 0 Å². The molecule has 128 valence electrons. The summed E-state index contributed by atoms with van der Waals surface area (Å²) >= 11 is 0. The van der Waals surface area contributed by atoms with Crippen LogP contribution in [-0.2, 0) is 4.74 Å². The maximum atomic E-state index is 5.76. The number of fused-ring (bicyclic) bond motifs is 5. The number of nitrogens with one attached hydrogen (secondary N) is 1. The predicted molar refractivity (Wildman–Crippen MR) is 99.8 cm³/mol. The van der Waals surface area contributed by atoms with Crippen LogP contribution in [0.2, 0.25) is 0 Å². The van der Waals surface area contributed by atoms with Crippen LogP contribution in [0.3, 0.4) is 0 Å². The van der Waals surface area contributed by atoms with Crippen molar-refractivity contribution in [1.82, 2.24) is 9.97 Å². The number of aromatic nitrogens is 2. The monoisotopic (exact) mass is 336 g/mol. The highest BCUT2D eigenvalue weighted by molar-refractivity contribution is 6.16. The van der Waals surface area contributed by atoms with Crippen LogP contribution in [0.25, 0.3) is 32.7 Å². The number of ether oxygens (including phenoxy) is 3. The van der Waals surface area contributed by atoms with Crippen LogP contribution >= 0.6 is 0 Å². The van der Waals surface area contributed by atoms with Gasteiger partial charge in [-0.05, 0) is 24.6 Å². The molecule has 0 saturated heterocycles. The zero-order valence-electron chi connectivity index (χ0n) is 14.6. The first-order valence-corrected chi connectivity index (χ1v) is 8.22. The standard InChI is InChI=1S/C20H20N2O3/c1-12-4-5-13-15-11-21-16-10-19(25-7-6-23-2)18(24-3)9-14(16)20(15)22-17(13)8-12/h4-5,8-11,22H,6-7H2,1-3H3. The molecule has 4 rings (SSSR count). The molecule has 0 atom stereocenters. The van der Waals surface area contributed by atoms with Crippen LogP contribution in [0.15, 0.2) is 36.5 Å². The Bertz CT molecular complexity index is 1070. The summed E-state index contributed by atoms with van der Waals surface area (Å²) in [5.74, 6) is 1.36. The maximum Gasteiger partial charge on any atom is 0.163 e. The zero-order valence-corrected chi connectivity index (χ0v) is 14.6. The molecule has 2 aromatic carbocycles. The fraction of sp³-hybridized carbons (Fsp3) is 0.250. The Morgan fingerprint density at radius 3 is 2.64 bits per heavy atom. The number of aromatic amines is 1. The number of methoxy groups -OCH3 is 2. The number of rotatable bonds is 5. The van der Waals surface area contributed by atoms with E-state index in [0.29, 0.717) is 24.7 Å². The highest BCUT2D eigenvalue weighted by Crippen LogP contribution is 2.36. The average Bonchev–Trinajstić information content (AvgIpc) is 2.99. The van der Waals surface area contributed by atoms with Gasteiger partial charge in [-0.1, -0.05) is 12.1 Å². The smallest absolute Gasteiger partial charge is 0.163 e. The highest BCUT2D eigenvalue weighted by atomic mass is 16.5. The highest BCUT2D eigenvalue weighted by Gasteiger charge is 2.13. The Hall–Kier alpha value is -2.79. The molecule has 0 bridgehead atoms. The van der Waals surface area contributed by atoms with Gasteiger partial charge in [-0.3, -0.25) is 4.98 Å². The summed E-state index contributed by atoms with van der Waals surface area (Å²) in [6, 6.07) is 10.3. The Morgan fingerprint density at radius 2 is 1.84 bits per heavy atom. The Morgan fingerprint density at radius 1 is 0.960 bits per heavy atom. The van der Waals surface area contributed by atoms with Crippen molar-refractivity contribution in [2.45, 2.75) is 6.92 Å². The molecule has 1 N–H and O–H groups in total. The first kappa shape index (κ1) is 15.7. The van der Waals surface area contributed by atoms with Gasteiger partial charge in [0.05, 0.1) is 24.8 Å². The van der Waals surface area contributed by atoms with E-state index in [9.17, 15) is 0 Å². The third kappa shape index (κ3) is 2.66. The summed E-state index contributed by atoms with van der Waals surface area (Å²) in [7, 11) is 3.30. The SMILES string of the molecule is COCCOc1cc2ncc3c4ccc(C)cc4[nH]c3c2cc1OC. The normalized spacial score (nSPS) is 11.5. The van der Waals surface area contributed by atoms with Crippen LogP contribution < -0.4 is 9.47 Å². The summed E-state index contributed by atoms with van der Waals surface area (Å²) in [4.78, 5) is 8.16. The summed E-state index contributed by atoms with van der Waals surface area (Å²) in [6.45, 7) is 3.08. The van der Waals surface area contributed by atoms with Crippen LogP contribution in [-0.4, -0.2) is 37.4 Å². The van der Waals surface area contributed by atoms with Crippen molar-refractivity contribution in [1.29, 1.82) is 0 Å². The second-order valence-corrected chi connectivity index (χ2v) is 6.08. The van der Waals surface area contributed by atoms with Crippen molar-refractivity contribution in [3.8, 4) is 11.5 Å². The minimum absolute atomic E-state index is 0.465. The average molecular weight is 336 g/mol. The fourth-order valence-corrected chi connectivity index (χ4v) is 3.18. The molecule has 0 radical (unpaired) electrons. The third-order valence-electron chi connectivity index (χ3n) is 4.42. The summed E-state index contributed by atoms with van der Waals surface area (Å²) in [5.41, 5.74) is 4.27. The van der Waals surface area contributed by atoms with Gasteiger partial charge in [-0.2, -0.15) is 0 Å². The molecule has 25 heavy (non-hydrogen) atoms. The molecular formula is C20H20N2O3. The quantitative estimate of drug-likeness (QED) is 0.555. The van der Waals surface area contributed by atoms with Gasteiger partial charge < -0.3 is 19.2 Å². The minimum Gasteiger partial charge on any atom is -0.493 e. The number of benzene rings is 2. The lowest BCUT2D eigenvalue weighted by molar-refractivity contribution is 0.144. The molecule has 0 aliphatic heterocycles. The van der Waals surface area contributed by atoms with Crippen LogP contribution in [0, 0.1) is 6.92 Å². The maximum absolute atomic E-state index is 5.76. The first-order chi connectivity index (χ1) is 12.2. The molecule has 0 aliphatic rings. The van der Waals surface area contributed by atoms with E-state index < -0.39 is 0 Å². The molecular weight excluding hydrogens is 316 g/mol. The topological polar surface area (TPSA) is 56.4 Å². The van der Waals surface area contributed by atoms with Gasteiger partial charge in [0.25, 0.3) is 0 Å². The van der Waals surface area contributed by atoms with E-state index >= 15 is 0 Å². The fourth-order valence-electron chi connectivity index (χ4n) is 3.18. The molecule has 0 unspecified atom stereocenters. The van der Waals surface area contributed by atoms with Crippen molar-refractivity contribution in [2.75, 3.05) is 27.4 Å². The molecule has 0 fully saturated rings. The predicted octanol–water partition coefficient (Wildman–Crippen LogP) is 4.21. The van der Waals surface area contributed by atoms with Gasteiger partial charge >= 0.3 is 0 Å². The molecule has 4 aromatic rings. The molecule has 0 amide bonds. The third-order valence-corrected chi connectivity index (χ3v) is 4.42. The van der Waals surface area contributed by atoms with Crippen LogP contribution in [0.4, 0.5) is 0 Å². The van der Waals surface area contributed by atoms with Crippen molar-refractivity contribution in [3.05, 3.63) is 42.1 Å². The van der Waals surface area contributed by atoms with Gasteiger partial charge in [0, 0.05) is 41.0 Å². The second kappa shape index (κ2) is 6.26. The number of hydrogen-bond donors (Lipinski definition) is 1. The minimum atomic E-state index is 0.465. The van der Waals surface area contributed by atoms with E-state index in [1.165, 1.54) is 10.9 Å². The van der Waals surface area contributed by atoms with Gasteiger partial charge in [0.15, 0.2) is 11.5 Å². The Balaban J connectivity index is 1.92. The zero-order chi connectivity index (χ0) is 17.4. The van der Waals surface area contributed by atoms with E-state index in [-0.39, 0.29) is 0 Å². The summed E-state index contributed by atoms with van der Waals surface area (Å²) in [5, 5.41) is 3.30. The number of H-pyrrole nitrogens is 1. The van der Waals surface area contributed by atoms with E-state index in [4.69, 9.17) is 14.2 Å². The number of hydrogen-bond acceptors (Lipinski definition) is 4. The molecule has 5 nitrogen and oxygen atoms in total. The molecule has 0 spiro atoms. The first-order valence-electron chi connectivity index (χ1n) is 8.22. The van der Waals surface area contributed by atoms with Crippen LogP contribution in [0.5, 0.6) is 11.5 Å². The molecule has 2 heterocycles. The van der Waals surface area contributed by atoms with Crippen molar-refractivity contribution >= 4 is 32.7 Å². The largest absolute Gasteiger partial charge is 0.493 e. The van der Waals surface area contributed by atoms with E-state index in [1.54, 1.807) is 14.2 Å². The summed E-state index contributed by atoms with van der Waals surface area (Å²) < 4.78 is 16.3. The van der Waals surface area contributed by atoms with Crippen molar-refractivity contribution in [3.63, 3.8) is 0 Å². The lowest BCUT2D eigenvalue weighted by Gasteiger charge is -2.12. The Labute approximate surface area is 145 Å². The number of pyridine rings is 1. The van der Waals surface area contributed by atoms with E-state index in [0.717, 1.165) is 27.3 Å². The van der Waals surface area contributed by atoms with E-state index in [2.05, 4.69) is 35.1 Å². The number of aryl methyl sites for hydroxylation is 1. The number of nitrogens with zero attached hydrogens (tertiary/aromatic N) is 1. The van der Waals surface area contributed by atoms with Crippen LogP contribution in [0.1, 0.15) is 5.56 Å². The molecule has 0 aliphatic carbocycles. The molecule has 0 saturated carbocycles. The second-order valence-electron chi connectivity index (χ2n) is 6.08. The van der Waals surface area contributed by atoms with E-state index in [1.807, 2.05) is 18.3 Å².